The van der Waals surface area contributed by atoms with Crippen LogP contribution >= 0.6 is 0 Å². The van der Waals surface area contributed by atoms with E-state index in [-0.39, 0.29) is 12.1 Å². The molecule has 118 valence electrons. The van der Waals surface area contributed by atoms with Crippen molar-refractivity contribution in [3.8, 4) is 0 Å². The van der Waals surface area contributed by atoms with Crippen LogP contribution in [-0.2, 0) is 0 Å². The minimum absolute atomic E-state index is 0.195. The van der Waals surface area contributed by atoms with E-state index in [4.69, 9.17) is 0 Å². The zero-order valence-electron chi connectivity index (χ0n) is 12.6. The van der Waals surface area contributed by atoms with Gasteiger partial charge in [-0.1, -0.05) is 25.8 Å². The van der Waals surface area contributed by atoms with Gasteiger partial charge >= 0.3 is 0 Å². The molecule has 2 nitrogen and oxygen atoms in total. The molecular formula is C17H25F2NO. The zero-order valence-corrected chi connectivity index (χ0v) is 12.6. The maximum absolute atomic E-state index is 13.6. The van der Waals surface area contributed by atoms with Gasteiger partial charge in [0.2, 0.25) is 0 Å². The average molecular weight is 297 g/mol. The van der Waals surface area contributed by atoms with Gasteiger partial charge in [-0.2, -0.15) is 0 Å². The van der Waals surface area contributed by atoms with Crippen molar-refractivity contribution in [2.24, 2.45) is 5.92 Å². The maximum Gasteiger partial charge on any atom is 0.131 e. The van der Waals surface area contributed by atoms with E-state index in [0.717, 1.165) is 18.8 Å². The van der Waals surface area contributed by atoms with Crippen molar-refractivity contribution in [1.82, 2.24) is 5.32 Å². The van der Waals surface area contributed by atoms with E-state index in [1.54, 1.807) is 0 Å². The number of hydrogen-bond acceptors (Lipinski definition) is 2. The lowest BCUT2D eigenvalue weighted by Crippen LogP contribution is -2.36. The molecule has 1 atom stereocenters. The number of hydrogen-bond donors (Lipinski definition) is 2. The molecular weight excluding hydrogens is 272 g/mol. The predicted octanol–water partition coefficient (Wildman–Crippen LogP) is 3.95. The number of rotatable bonds is 6. The molecule has 21 heavy (non-hydrogen) atoms. The number of benzene rings is 1. The van der Waals surface area contributed by atoms with Gasteiger partial charge in [-0.05, 0) is 43.7 Å². The van der Waals surface area contributed by atoms with Crippen molar-refractivity contribution >= 4 is 0 Å². The van der Waals surface area contributed by atoms with Crippen LogP contribution in [0.5, 0.6) is 0 Å². The van der Waals surface area contributed by atoms with Crippen molar-refractivity contribution in [2.45, 2.75) is 57.6 Å². The molecule has 0 spiro atoms. The van der Waals surface area contributed by atoms with Crippen LogP contribution in [0.15, 0.2) is 18.2 Å². The molecule has 4 heteroatoms. The number of aliphatic hydroxyl groups is 1. The minimum atomic E-state index is -1.14. The Hall–Kier alpha value is -1.00. The van der Waals surface area contributed by atoms with E-state index in [1.807, 2.05) is 0 Å². The van der Waals surface area contributed by atoms with Gasteiger partial charge in [0.25, 0.3) is 0 Å². The molecule has 0 radical (unpaired) electrons. The second-order valence-corrected chi connectivity index (χ2v) is 6.07. The second-order valence-electron chi connectivity index (χ2n) is 6.07. The van der Waals surface area contributed by atoms with Crippen LogP contribution < -0.4 is 5.32 Å². The van der Waals surface area contributed by atoms with Gasteiger partial charge in [0, 0.05) is 12.6 Å². The number of nitrogens with one attached hydrogen (secondary N) is 1. The quantitative estimate of drug-likeness (QED) is 0.833. The highest BCUT2D eigenvalue weighted by molar-refractivity contribution is 5.22. The fraction of sp³-hybridized carbons (Fsp3) is 0.647. The third-order valence-electron chi connectivity index (χ3n) is 4.48. The van der Waals surface area contributed by atoms with Gasteiger partial charge in [0.1, 0.15) is 11.6 Å². The SMILES string of the molecule is CCCC1CCC(NCC(O)c2c(F)cccc2F)CC1. The molecule has 1 fully saturated rings. The van der Waals surface area contributed by atoms with Crippen LogP contribution in [-0.4, -0.2) is 17.7 Å². The van der Waals surface area contributed by atoms with Crippen LogP contribution in [0.2, 0.25) is 0 Å². The maximum atomic E-state index is 13.6. The van der Waals surface area contributed by atoms with Gasteiger partial charge in [0.05, 0.1) is 11.7 Å². The molecule has 0 heterocycles. The number of aliphatic hydroxyl groups excluding tert-OH is 1. The van der Waals surface area contributed by atoms with Gasteiger partial charge in [-0.3, -0.25) is 0 Å². The van der Waals surface area contributed by atoms with Crippen LogP contribution in [0.1, 0.15) is 57.1 Å². The monoisotopic (exact) mass is 297 g/mol. The molecule has 0 saturated heterocycles. The molecule has 1 unspecified atom stereocenters. The Kier molecular flexibility index (Phi) is 6.12. The topological polar surface area (TPSA) is 32.3 Å². The van der Waals surface area contributed by atoms with E-state index >= 15 is 0 Å². The largest absolute Gasteiger partial charge is 0.387 e. The molecule has 0 bridgehead atoms. The Labute approximate surface area is 125 Å². The summed E-state index contributed by atoms with van der Waals surface area (Å²) in [5.41, 5.74) is -0.232. The van der Waals surface area contributed by atoms with Gasteiger partial charge in [0.15, 0.2) is 0 Å². The molecule has 1 aliphatic carbocycles. The lowest BCUT2D eigenvalue weighted by molar-refractivity contribution is 0.153. The third-order valence-corrected chi connectivity index (χ3v) is 4.48. The second kappa shape index (κ2) is 7.85. The lowest BCUT2D eigenvalue weighted by atomic mass is 9.83. The molecule has 2 N–H and O–H groups in total. The molecule has 1 aromatic rings. The highest BCUT2D eigenvalue weighted by Gasteiger charge is 2.22. The molecule has 1 aromatic carbocycles. The van der Waals surface area contributed by atoms with Crippen molar-refractivity contribution < 1.29 is 13.9 Å². The highest BCUT2D eigenvalue weighted by atomic mass is 19.1. The Morgan fingerprint density at radius 1 is 1.19 bits per heavy atom. The van der Waals surface area contributed by atoms with Gasteiger partial charge in [-0.25, -0.2) is 8.78 Å². The van der Waals surface area contributed by atoms with Crippen molar-refractivity contribution in [3.05, 3.63) is 35.4 Å². The van der Waals surface area contributed by atoms with E-state index < -0.39 is 17.7 Å². The zero-order chi connectivity index (χ0) is 15.2. The van der Waals surface area contributed by atoms with Crippen LogP contribution in [0.3, 0.4) is 0 Å². The Bertz CT molecular complexity index is 424. The molecule has 1 saturated carbocycles. The van der Waals surface area contributed by atoms with Crippen LogP contribution in [0, 0.1) is 17.6 Å². The lowest BCUT2D eigenvalue weighted by Gasteiger charge is -2.29. The minimum Gasteiger partial charge on any atom is -0.387 e. The Morgan fingerprint density at radius 2 is 1.81 bits per heavy atom. The summed E-state index contributed by atoms with van der Waals surface area (Å²) in [4.78, 5) is 0. The first-order valence-electron chi connectivity index (χ1n) is 7.97. The predicted molar refractivity (Wildman–Crippen MR) is 80.0 cm³/mol. The fourth-order valence-corrected chi connectivity index (χ4v) is 3.27. The Morgan fingerprint density at radius 3 is 2.38 bits per heavy atom. The Balaban J connectivity index is 1.81. The van der Waals surface area contributed by atoms with Crippen molar-refractivity contribution in [2.75, 3.05) is 6.54 Å². The summed E-state index contributed by atoms with van der Waals surface area (Å²) in [7, 11) is 0. The summed E-state index contributed by atoms with van der Waals surface area (Å²) in [5.74, 6) is -0.547. The summed E-state index contributed by atoms with van der Waals surface area (Å²) >= 11 is 0. The van der Waals surface area contributed by atoms with E-state index in [2.05, 4.69) is 12.2 Å². The molecule has 1 aliphatic rings. The first kappa shape index (κ1) is 16.4. The molecule has 0 aliphatic heterocycles. The summed E-state index contributed by atoms with van der Waals surface area (Å²) in [6, 6.07) is 4.01. The number of halogens is 2. The van der Waals surface area contributed by atoms with E-state index in [9.17, 15) is 13.9 Å². The molecule has 0 amide bonds. The summed E-state index contributed by atoms with van der Waals surface area (Å²) in [5, 5.41) is 13.3. The molecule has 2 rings (SSSR count). The summed E-state index contributed by atoms with van der Waals surface area (Å²) < 4.78 is 27.1. The van der Waals surface area contributed by atoms with Crippen molar-refractivity contribution in [1.29, 1.82) is 0 Å². The highest BCUT2D eigenvalue weighted by Crippen LogP contribution is 2.28. The van der Waals surface area contributed by atoms with E-state index in [0.29, 0.717) is 6.04 Å². The van der Waals surface area contributed by atoms with Gasteiger partial charge in [-0.15, -0.1) is 0 Å². The third kappa shape index (κ3) is 4.48. The standard InChI is InChI=1S/C17H25F2NO/c1-2-4-12-7-9-13(10-8-12)20-11-16(21)17-14(18)5-3-6-15(17)19/h3,5-6,12-13,16,20-21H,2,4,7-11H2,1H3. The smallest absolute Gasteiger partial charge is 0.131 e. The van der Waals surface area contributed by atoms with Crippen molar-refractivity contribution in [3.63, 3.8) is 0 Å². The van der Waals surface area contributed by atoms with Crippen LogP contribution in [0.25, 0.3) is 0 Å². The summed E-state index contributed by atoms with van der Waals surface area (Å²) in [6.45, 7) is 2.41. The van der Waals surface area contributed by atoms with Crippen LogP contribution in [0.4, 0.5) is 8.78 Å². The first-order chi connectivity index (χ1) is 10.1. The van der Waals surface area contributed by atoms with Gasteiger partial charge < -0.3 is 10.4 Å². The normalized spacial score (nSPS) is 24.0. The average Bonchev–Trinajstić information content (AvgIpc) is 2.47. The molecule has 0 aromatic heterocycles. The fourth-order valence-electron chi connectivity index (χ4n) is 3.27. The van der Waals surface area contributed by atoms with E-state index in [1.165, 1.54) is 43.9 Å². The first-order valence-corrected chi connectivity index (χ1v) is 7.97. The summed E-state index contributed by atoms with van der Waals surface area (Å²) in [6.07, 6.45) is 5.95.